The standard InChI is InChI=1S/C26H18BrCl2N3O6/c1-37-21-12-14(11-20(29)23(21)38-13-22(33)30-17-6-4-16(28)5-7-17)10-19-24(34)31-26(36)32(25(19)35)18-8-2-15(27)3-9-18/h2-12H,13H2,1H3,(H,30,33)(H,31,34,36)/b19-10+. The summed E-state index contributed by atoms with van der Waals surface area (Å²) >= 11 is 15.5. The summed E-state index contributed by atoms with van der Waals surface area (Å²) in [7, 11) is 1.37. The van der Waals surface area contributed by atoms with E-state index in [1.807, 2.05) is 0 Å². The largest absolute Gasteiger partial charge is 0.493 e. The van der Waals surface area contributed by atoms with Gasteiger partial charge < -0.3 is 14.8 Å². The number of anilines is 2. The molecule has 12 heteroatoms. The van der Waals surface area contributed by atoms with Crippen molar-refractivity contribution in [2.45, 2.75) is 0 Å². The van der Waals surface area contributed by atoms with Crippen molar-refractivity contribution in [1.29, 1.82) is 0 Å². The molecule has 38 heavy (non-hydrogen) atoms. The summed E-state index contributed by atoms with van der Waals surface area (Å²) < 4.78 is 11.7. The van der Waals surface area contributed by atoms with E-state index in [2.05, 4.69) is 26.6 Å². The van der Waals surface area contributed by atoms with Crippen molar-refractivity contribution in [3.63, 3.8) is 0 Å². The highest BCUT2D eigenvalue weighted by atomic mass is 79.9. The highest BCUT2D eigenvalue weighted by Crippen LogP contribution is 2.37. The Labute approximate surface area is 235 Å². The zero-order valence-electron chi connectivity index (χ0n) is 19.6. The molecule has 3 aromatic carbocycles. The number of nitrogens with zero attached hydrogens (tertiary/aromatic N) is 1. The molecule has 1 aliphatic heterocycles. The molecule has 5 amide bonds. The molecule has 1 aliphatic rings. The number of benzene rings is 3. The highest BCUT2D eigenvalue weighted by molar-refractivity contribution is 9.10. The monoisotopic (exact) mass is 617 g/mol. The van der Waals surface area contributed by atoms with Gasteiger partial charge in [-0.3, -0.25) is 19.7 Å². The summed E-state index contributed by atoms with van der Waals surface area (Å²) in [6, 6.07) is 15.0. The van der Waals surface area contributed by atoms with Gasteiger partial charge in [0.2, 0.25) is 0 Å². The third-order valence-electron chi connectivity index (χ3n) is 5.22. The Morgan fingerprint density at radius 2 is 1.74 bits per heavy atom. The number of rotatable bonds is 7. The van der Waals surface area contributed by atoms with Crippen LogP contribution in [0.1, 0.15) is 5.56 Å². The molecule has 0 spiro atoms. The van der Waals surface area contributed by atoms with Gasteiger partial charge in [0, 0.05) is 15.2 Å². The number of urea groups is 1. The molecule has 3 aromatic rings. The average Bonchev–Trinajstić information content (AvgIpc) is 2.88. The van der Waals surface area contributed by atoms with E-state index in [1.165, 1.54) is 25.3 Å². The highest BCUT2D eigenvalue weighted by Gasteiger charge is 2.36. The van der Waals surface area contributed by atoms with E-state index < -0.39 is 23.8 Å². The SMILES string of the molecule is COc1cc(/C=C2\C(=O)NC(=O)N(c3ccc(Br)cc3)C2=O)cc(Cl)c1OCC(=O)Nc1ccc(Cl)cc1. The zero-order valence-corrected chi connectivity index (χ0v) is 22.7. The number of nitrogens with one attached hydrogen (secondary N) is 2. The molecule has 194 valence electrons. The Kier molecular flexibility index (Phi) is 8.35. The van der Waals surface area contributed by atoms with E-state index in [1.54, 1.807) is 48.5 Å². The van der Waals surface area contributed by atoms with Crippen molar-refractivity contribution in [2.75, 3.05) is 23.9 Å². The molecule has 0 saturated carbocycles. The van der Waals surface area contributed by atoms with E-state index in [0.29, 0.717) is 16.3 Å². The maximum Gasteiger partial charge on any atom is 0.335 e. The van der Waals surface area contributed by atoms with Crippen molar-refractivity contribution in [3.8, 4) is 11.5 Å². The van der Waals surface area contributed by atoms with Gasteiger partial charge >= 0.3 is 6.03 Å². The van der Waals surface area contributed by atoms with E-state index in [4.69, 9.17) is 32.7 Å². The Hall–Kier alpha value is -3.86. The molecular weight excluding hydrogens is 601 g/mol. The van der Waals surface area contributed by atoms with Crippen LogP contribution in [0.5, 0.6) is 11.5 Å². The Balaban J connectivity index is 1.55. The Bertz CT molecular complexity index is 1460. The van der Waals surface area contributed by atoms with Crippen LogP contribution >= 0.6 is 39.1 Å². The summed E-state index contributed by atoms with van der Waals surface area (Å²) in [4.78, 5) is 51.2. The topological polar surface area (TPSA) is 114 Å². The van der Waals surface area contributed by atoms with Crippen LogP contribution in [0, 0.1) is 0 Å². The molecule has 2 N–H and O–H groups in total. The van der Waals surface area contributed by atoms with Crippen molar-refractivity contribution in [2.24, 2.45) is 0 Å². The van der Waals surface area contributed by atoms with Gasteiger partial charge in [-0.05, 0) is 72.3 Å². The first kappa shape index (κ1) is 27.2. The van der Waals surface area contributed by atoms with Crippen LogP contribution in [0.2, 0.25) is 10.0 Å². The number of halogens is 3. The van der Waals surface area contributed by atoms with Crippen LogP contribution in [0.3, 0.4) is 0 Å². The molecule has 0 bridgehead atoms. The fraction of sp³-hybridized carbons (Fsp3) is 0.0769. The second-order valence-electron chi connectivity index (χ2n) is 7.81. The third kappa shape index (κ3) is 6.16. The first-order valence-electron chi connectivity index (χ1n) is 10.9. The van der Waals surface area contributed by atoms with Crippen molar-refractivity contribution < 1.29 is 28.7 Å². The molecule has 0 aliphatic carbocycles. The average molecular weight is 619 g/mol. The second-order valence-corrected chi connectivity index (χ2v) is 9.57. The lowest BCUT2D eigenvalue weighted by atomic mass is 10.1. The lowest BCUT2D eigenvalue weighted by molar-refractivity contribution is -0.122. The molecule has 4 rings (SSSR count). The minimum absolute atomic E-state index is 0.0694. The first-order valence-corrected chi connectivity index (χ1v) is 12.4. The number of barbiturate groups is 1. The third-order valence-corrected chi connectivity index (χ3v) is 6.29. The van der Waals surface area contributed by atoms with Gasteiger partial charge in [-0.15, -0.1) is 0 Å². The summed E-state index contributed by atoms with van der Waals surface area (Å²) in [6.07, 6.45) is 1.28. The number of ether oxygens (including phenoxy) is 2. The van der Waals surface area contributed by atoms with Gasteiger partial charge in [0.1, 0.15) is 5.57 Å². The van der Waals surface area contributed by atoms with Crippen LogP contribution in [-0.2, 0) is 14.4 Å². The second kappa shape index (κ2) is 11.7. The summed E-state index contributed by atoms with van der Waals surface area (Å²) in [5, 5.41) is 5.43. The van der Waals surface area contributed by atoms with Gasteiger partial charge in [0.05, 0.1) is 17.8 Å². The summed E-state index contributed by atoms with van der Waals surface area (Å²) in [5.74, 6) is -1.86. The molecule has 1 fully saturated rings. The lowest BCUT2D eigenvalue weighted by Crippen LogP contribution is -2.54. The number of amides is 5. The fourth-order valence-corrected chi connectivity index (χ4v) is 4.14. The van der Waals surface area contributed by atoms with Crippen LogP contribution in [0.15, 0.2) is 70.7 Å². The lowest BCUT2D eigenvalue weighted by Gasteiger charge is -2.26. The predicted molar refractivity (Wildman–Crippen MR) is 147 cm³/mol. The van der Waals surface area contributed by atoms with Crippen molar-refractivity contribution in [3.05, 3.63) is 86.3 Å². The Morgan fingerprint density at radius 3 is 2.39 bits per heavy atom. The zero-order chi connectivity index (χ0) is 27.4. The molecule has 0 radical (unpaired) electrons. The van der Waals surface area contributed by atoms with Crippen LogP contribution in [0.4, 0.5) is 16.2 Å². The number of carbonyl (C=O) groups is 4. The van der Waals surface area contributed by atoms with E-state index >= 15 is 0 Å². The number of methoxy groups -OCH3 is 1. The van der Waals surface area contributed by atoms with Crippen LogP contribution in [-0.4, -0.2) is 37.5 Å². The van der Waals surface area contributed by atoms with Crippen LogP contribution in [0.25, 0.3) is 6.08 Å². The molecule has 1 saturated heterocycles. The predicted octanol–water partition coefficient (Wildman–Crippen LogP) is 5.45. The van der Waals surface area contributed by atoms with Gasteiger partial charge in [-0.2, -0.15) is 0 Å². The molecule has 1 heterocycles. The van der Waals surface area contributed by atoms with Gasteiger partial charge in [0.25, 0.3) is 17.7 Å². The minimum Gasteiger partial charge on any atom is -0.493 e. The molecule has 0 unspecified atom stereocenters. The quantitative estimate of drug-likeness (QED) is 0.269. The first-order chi connectivity index (χ1) is 18.2. The summed E-state index contributed by atoms with van der Waals surface area (Å²) in [6.45, 7) is -0.371. The maximum atomic E-state index is 13.1. The van der Waals surface area contributed by atoms with E-state index in [0.717, 1.165) is 9.37 Å². The number of hydrogen-bond acceptors (Lipinski definition) is 6. The molecule has 0 aromatic heterocycles. The van der Waals surface area contributed by atoms with Gasteiger partial charge in [-0.1, -0.05) is 39.1 Å². The molecule has 0 atom stereocenters. The van der Waals surface area contributed by atoms with E-state index in [-0.39, 0.29) is 34.4 Å². The van der Waals surface area contributed by atoms with Crippen molar-refractivity contribution >= 4 is 80.3 Å². The molecule has 9 nitrogen and oxygen atoms in total. The smallest absolute Gasteiger partial charge is 0.335 e. The Morgan fingerprint density at radius 1 is 1.05 bits per heavy atom. The number of carbonyl (C=O) groups excluding carboxylic acids is 4. The van der Waals surface area contributed by atoms with E-state index in [9.17, 15) is 19.2 Å². The normalized spacial score (nSPS) is 14.4. The maximum absolute atomic E-state index is 13.1. The van der Waals surface area contributed by atoms with Crippen LogP contribution < -0.4 is 25.0 Å². The van der Waals surface area contributed by atoms with Gasteiger partial charge in [-0.25, -0.2) is 9.69 Å². The van der Waals surface area contributed by atoms with Gasteiger partial charge in [0.15, 0.2) is 18.1 Å². The number of hydrogen-bond donors (Lipinski definition) is 2. The van der Waals surface area contributed by atoms with Crippen molar-refractivity contribution in [1.82, 2.24) is 5.32 Å². The fourth-order valence-electron chi connectivity index (χ4n) is 3.48. The summed E-state index contributed by atoms with van der Waals surface area (Å²) in [5.41, 5.74) is 0.856. The number of imide groups is 2. The molecular formula is C26H18BrCl2N3O6. The minimum atomic E-state index is -0.865.